The number of ether oxygens (including phenoxy) is 1. The molecule has 0 heterocycles. The molecular weight excluding hydrogens is 333 g/mol. The number of nitrogens with one attached hydrogen (secondary N) is 2. The minimum absolute atomic E-state index is 0.105. The Morgan fingerprint density at radius 3 is 2.28 bits per heavy atom. The lowest BCUT2D eigenvalue weighted by Crippen LogP contribution is -3.08. The summed E-state index contributed by atoms with van der Waals surface area (Å²) in [4.78, 5) is 12.9. The maximum Gasteiger partial charge on any atom is 0.387 e. The summed E-state index contributed by atoms with van der Waals surface area (Å²) in [5.41, 5.74) is 1.73. The molecule has 4 nitrogen and oxygen atoms in total. The number of halogens is 3. The van der Waals surface area contributed by atoms with Crippen molar-refractivity contribution in [2.45, 2.75) is 19.7 Å². The van der Waals surface area contributed by atoms with Crippen LogP contribution >= 0.6 is 0 Å². The molecule has 134 valence electrons. The second kappa shape index (κ2) is 9.08. The number of likely N-dealkylation sites (N-methyl/N-ethyl adjacent to an activating group) is 1. The molecule has 0 saturated heterocycles. The fourth-order valence-electron chi connectivity index (χ4n) is 2.34. The molecule has 1 unspecified atom stereocenters. The van der Waals surface area contributed by atoms with E-state index in [1.54, 1.807) is 24.3 Å². The van der Waals surface area contributed by atoms with Crippen molar-refractivity contribution >= 4 is 5.91 Å². The molecule has 2 aromatic carbocycles. The molecule has 0 fully saturated rings. The number of carbonyl (C=O) groups excluding carboxylic acids is 1. The molecule has 0 radical (unpaired) electrons. The molecule has 0 bridgehead atoms. The molecule has 25 heavy (non-hydrogen) atoms. The average Bonchev–Trinajstić information content (AvgIpc) is 2.55. The van der Waals surface area contributed by atoms with Crippen LogP contribution in [-0.2, 0) is 17.9 Å². The highest BCUT2D eigenvalue weighted by Crippen LogP contribution is 2.14. The standard InChI is InChI=1S/C18H19F3N2O2/c1-23(11-14-4-8-16(9-5-14)25-18(20)21)12-17(24)22-10-13-2-6-15(19)7-3-13/h2-9,18H,10-12H2,1H3,(H,22,24)/p+1. The predicted molar refractivity (Wildman–Crippen MR) is 86.8 cm³/mol. The van der Waals surface area contributed by atoms with Crippen molar-refractivity contribution in [1.82, 2.24) is 5.32 Å². The van der Waals surface area contributed by atoms with E-state index in [0.29, 0.717) is 13.1 Å². The van der Waals surface area contributed by atoms with Gasteiger partial charge < -0.3 is 15.0 Å². The average molecular weight is 353 g/mol. The fraction of sp³-hybridized carbons (Fsp3) is 0.278. The van der Waals surface area contributed by atoms with E-state index in [0.717, 1.165) is 16.0 Å². The molecular formula is C18H20F3N2O2+. The van der Waals surface area contributed by atoms with Gasteiger partial charge in [0.2, 0.25) is 0 Å². The maximum absolute atomic E-state index is 12.8. The summed E-state index contributed by atoms with van der Waals surface area (Å²) in [6.45, 7) is -1.68. The monoisotopic (exact) mass is 353 g/mol. The Labute approximate surface area is 144 Å². The minimum Gasteiger partial charge on any atom is -0.435 e. The van der Waals surface area contributed by atoms with Gasteiger partial charge in [-0.3, -0.25) is 4.79 Å². The van der Waals surface area contributed by atoms with Crippen LogP contribution in [0.4, 0.5) is 13.2 Å². The molecule has 2 N–H and O–H groups in total. The third-order valence-electron chi connectivity index (χ3n) is 3.52. The smallest absolute Gasteiger partial charge is 0.387 e. The highest BCUT2D eigenvalue weighted by atomic mass is 19.3. The topological polar surface area (TPSA) is 42.8 Å². The zero-order valence-electron chi connectivity index (χ0n) is 13.8. The second-order valence-corrected chi connectivity index (χ2v) is 5.74. The highest BCUT2D eigenvalue weighted by molar-refractivity contribution is 5.76. The van der Waals surface area contributed by atoms with Crippen molar-refractivity contribution in [1.29, 1.82) is 0 Å². The van der Waals surface area contributed by atoms with E-state index in [9.17, 15) is 18.0 Å². The van der Waals surface area contributed by atoms with E-state index < -0.39 is 6.61 Å². The zero-order chi connectivity index (χ0) is 18.2. The highest BCUT2D eigenvalue weighted by Gasteiger charge is 2.11. The molecule has 0 aliphatic heterocycles. The third-order valence-corrected chi connectivity index (χ3v) is 3.52. The van der Waals surface area contributed by atoms with Crippen molar-refractivity contribution in [2.75, 3.05) is 13.6 Å². The van der Waals surface area contributed by atoms with Crippen LogP contribution < -0.4 is 15.0 Å². The van der Waals surface area contributed by atoms with Gasteiger partial charge in [-0.15, -0.1) is 0 Å². The van der Waals surface area contributed by atoms with Gasteiger partial charge in [-0.25, -0.2) is 4.39 Å². The summed E-state index contributed by atoms with van der Waals surface area (Å²) in [5, 5.41) is 2.78. The number of alkyl halides is 2. The Kier molecular flexibility index (Phi) is 6.82. The van der Waals surface area contributed by atoms with Crippen LogP contribution in [0, 0.1) is 5.82 Å². The largest absolute Gasteiger partial charge is 0.435 e. The summed E-state index contributed by atoms with van der Waals surface area (Å²) in [7, 11) is 1.86. The fourth-order valence-corrected chi connectivity index (χ4v) is 2.34. The lowest BCUT2D eigenvalue weighted by atomic mass is 10.2. The first kappa shape index (κ1) is 18.8. The molecule has 2 aromatic rings. The number of benzene rings is 2. The van der Waals surface area contributed by atoms with E-state index in [-0.39, 0.29) is 24.0 Å². The van der Waals surface area contributed by atoms with Crippen molar-refractivity contribution in [3.8, 4) is 5.75 Å². The first-order valence-electron chi connectivity index (χ1n) is 7.78. The van der Waals surface area contributed by atoms with Crippen molar-refractivity contribution < 1.29 is 27.6 Å². The van der Waals surface area contributed by atoms with Gasteiger partial charge in [0.15, 0.2) is 6.54 Å². The number of quaternary nitrogens is 1. The number of hydrogen-bond acceptors (Lipinski definition) is 2. The Bertz CT molecular complexity index is 676. The predicted octanol–water partition coefficient (Wildman–Crippen LogP) is 1.76. The SMILES string of the molecule is C[NH+](CC(=O)NCc1ccc(F)cc1)Cc1ccc(OC(F)F)cc1. The Morgan fingerprint density at radius 1 is 1.08 bits per heavy atom. The molecule has 7 heteroatoms. The minimum atomic E-state index is -2.84. The van der Waals surface area contributed by atoms with Gasteiger partial charge in [-0.05, 0) is 42.0 Å². The first-order chi connectivity index (χ1) is 11.9. The molecule has 2 rings (SSSR count). The van der Waals surface area contributed by atoms with Crippen LogP contribution in [0.5, 0.6) is 5.75 Å². The van der Waals surface area contributed by atoms with Gasteiger partial charge in [0.25, 0.3) is 5.91 Å². The lowest BCUT2D eigenvalue weighted by Gasteiger charge is -2.14. The van der Waals surface area contributed by atoms with Crippen molar-refractivity contribution in [2.24, 2.45) is 0 Å². The summed E-state index contributed by atoms with van der Waals surface area (Å²) in [6, 6.07) is 12.3. The van der Waals surface area contributed by atoms with Crippen LogP contribution in [0.3, 0.4) is 0 Å². The summed E-state index contributed by atoms with van der Waals surface area (Å²) in [5.74, 6) is -0.336. The number of rotatable bonds is 8. The molecule has 1 amide bonds. The van der Waals surface area contributed by atoms with Crippen molar-refractivity contribution in [3.63, 3.8) is 0 Å². The van der Waals surface area contributed by atoms with Crippen LogP contribution in [0.1, 0.15) is 11.1 Å². The van der Waals surface area contributed by atoms with Crippen LogP contribution in [0.15, 0.2) is 48.5 Å². The third kappa shape index (κ3) is 6.84. The van der Waals surface area contributed by atoms with Gasteiger partial charge >= 0.3 is 6.61 Å². The molecule has 0 aliphatic carbocycles. The van der Waals surface area contributed by atoms with E-state index in [2.05, 4.69) is 10.1 Å². The van der Waals surface area contributed by atoms with Gasteiger partial charge in [0, 0.05) is 12.1 Å². The molecule has 0 spiro atoms. The number of hydrogen-bond donors (Lipinski definition) is 2. The Hall–Kier alpha value is -2.54. The number of amides is 1. The molecule has 0 aliphatic rings. The second-order valence-electron chi connectivity index (χ2n) is 5.74. The lowest BCUT2D eigenvalue weighted by molar-refractivity contribution is -0.885. The van der Waals surface area contributed by atoms with Gasteiger partial charge in [-0.2, -0.15) is 8.78 Å². The van der Waals surface area contributed by atoms with Gasteiger partial charge in [-0.1, -0.05) is 12.1 Å². The molecule has 0 saturated carbocycles. The Balaban J connectivity index is 1.76. The quantitative estimate of drug-likeness (QED) is 0.760. The molecule has 0 aromatic heterocycles. The summed E-state index contributed by atoms with van der Waals surface area (Å²) < 4.78 is 41.3. The summed E-state index contributed by atoms with van der Waals surface area (Å²) in [6.07, 6.45) is 0. The van der Waals surface area contributed by atoms with E-state index in [4.69, 9.17) is 0 Å². The van der Waals surface area contributed by atoms with E-state index in [1.165, 1.54) is 24.3 Å². The Morgan fingerprint density at radius 2 is 1.68 bits per heavy atom. The van der Waals surface area contributed by atoms with Gasteiger partial charge in [0.1, 0.15) is 18.1 Å². The first-order valence-corrected chi connectivity index (χ1v) is 7.78. The van der Waals surface area contributed by atoms with Crippen molar-refractivity contribution in [3.05, 3.63) is 65.5 Å². The van der Waals surface area contributed by atoms with Crippen LogP contribution in [-0.4, -0.2) is 26.1 Å². The normalized spacial score (nSPS) is 12.0. The van der Waals surface area contributed by atoms with Gasteiger partial charge in [0.05, 0.1) is 7.05 Å². The van der Waals surface area contributed by atoms with E-state index in [1.807, 2.05) is 7.05 Å². The van der Waals surface area contributed by atoms with E-state index >= 15 is 0 Å². The maximum atomic E-state index is 12.8. The number of carbonyl (C=O) groups is 1. The zero-order valence-corrected chi connectivity index (χ0v) is 13.8. The van der Waals surface area contributed by atoms with Crippen LogP contribution in [0.2, 0.25) is 0 Å². The summed E-state index contributed by atoms with van der Waals surface area (Å²) >= 11 is 0. The molecule has 1 atom stereocenters. The van der Waals surface area contributed by atoms with Crippen LogP contribution in [0.25, 0.3) is 0 Å².